The van der Waals surface area contributed by atoms with Gasteiger partial charge in [-0.05, 0) is 32.4 Å². The molecule has 0 aliphatic heterocycles. The van der Waals surface area contributed by atoms with E-state index in [1.165, 1.54) is 23.6 Å². The highest BCUT2D eigenvalue weighted by molar-refractivity contribution is 7.99. The largest absolute Gasteiger partial charge is 0.480 e. The first-order valence-electron chi connectivity index (χ1n) is 7.88. The van der Waals surface area contributed by atoms with Gasteiger partial charge < -0.3 is 10.0 Å². The van der Waals surface area contributed by atoms with Gasteiger partial charge in [0.25, 0.3) is 0 Å². The van der Waals surface area contributed by atoms with Crippen LogP contribution in [0.15, 0.2) is 41.6 Å². The lowest BCUT2D eigenvalue weighted by molar-refractivity contribution is -0.148. The topological polar surface area (TPSA) is 83.4 Å². The lowest BCUT2D eigenvalue weighted by Gasteiger charge is -2.26. The lowest BCUT2D eigenvalue weighted by Crippen LogP contribution is -2.43. The number of aromatic nitrogens is 2. The highest BCUT2D eigenvalue weighted by Gasteiger charge is 2.25. The molecule has 1 aromatic carbocycles. The number of carboxylic acid groups (broad SMARTS) is 1. The monoisotopic (exact) mass is 359 g/mol. The number of hydrogen-bond acceptors (Lipinski definition) is 5. The fourth-order valence-electron chi connectivity index (χ4n) is 2.32. The van der Waals surface area contributed by atoms with Gasteiger partial charge in [-0.2, -0.15) is 0 Å². The molecule has 0 spiro atoms. The number of benzene rings is 1. The zero-order valence-corrected chi connectivity index (χ0v) is 15.3. The zero-order chi connectivity index (χ0) is 18.4. The van der Waals surface area contributed by atoms with Gasteiger partial charge in [-0.1, -0.05) is 42.1 Å². The van der Waals surface area contributed by atoms with E-state index in [4.69, 9.17) is 0 Å². The van der Waals surface area contributed by atoms with Crippen molar-refractivity contribution in [1.29, 1.82) is 0 Å². The number of carbonyl (C=O) groups excluding carboxylic acids is 1. The molecule has 0 aliphatic rings. The molecule has 0 fully saturated rings. The molecular formula is C18H21N3O3S. The van der Waals surface area contributed by atoms with Crippen LogP contribution in [0.5, 0.6) is 0 Å². The van der Waals surface area contributed by atoms with Crippen LogP contribution in [0.25, 0.3) is 0 Å². The molecule has 25 heavy (non-hydrogen) atoms. The first-order valence-corrected chi connectivity index (χ1v) is 8.86. The third-order valence-corrected chi connectivity index (χ3v) is 4.46. The second kappa shape index (κ2) is 8.62. The van der Waals surface area contributed by atoms with Gasteiger partial charge in [0.15, 0.2) is 5.16 Å². The number of rotatable bonds is 7. The van der Waals surface area contributed by atoms with Crippen LogP contribution in [0.1, 0.15) is 23.9 Å². The van der Waals surface area contributed by atoms with Crippen molar-refractivity contribution < 1.29 is 14.7 Å². The second-order valence-electron chi connectivity index (χ2n) is 5.74. The Morgan fingerprint density at radius 2 is 1.76 bits per heavy atom. The van der Waals surface area contributed by atoms with Gasteiger partial charge in [0.05, 0.1) is 5.75 Å². The van der Waals surface area contributed by atoms with Crippen molar-refractivity contribution in [1.82, 2.24) is 14.9 Å². The summed E-state index contributed by atoms with van der Waals surface area (Å²) < 4.78 is 0. The SMILES string of the molecule is Cc1cc(C)nc(SCC(=O)N(Cc2ccccc2)C(C)C(=O)O)n1. The van der Waals surface area contributed by atoms with Crippen molar-refractivity contribution in [2.24, 2.45) is 0 Å². The molecule has 1 unspecified atom stereocenters. The molecule has 132 valence electrons. The van der Waals surface area contributed by atoms with Gasteiger partial charge in [0.1, 0.15) is 6.04 Å². The zero-order valence-electron chi connectivity index (χ0n) is 14.5. The molecule has 2 aromatic rings. The van der Waals surface area contributed by atoms with Crippen molar-refractivity contribution in [3.05, 3.63) is 53.3 Å². The fraction of sp³-hybridized carbons (Fsp3) is 0.333. The first kappa shape index (κ1) is 18.9. The van der Waals surface area contributed by atoms with E-state index in [-0.39, 0.29) is 18.2 Å². The molecule has 1 amide bonds. The average Bonchev–Trinajstić information content (AvgIpc) is 2.57. The molecule has 1 atom stereocenters. The lowest BCUT2D eigenvalue weighted by atomic mass is 10.2. The maximum absolute atomic E-state index is 12.6. The molecule has 0 radical (unpaired) electrons. The molecule has 0 aliphatic carbocycles. The Morgan fingerprint density at radius 1 is 1.16 bits per heavy atom. The van der Waals surface area contributed by atoms with E-state index in [0.29, 0.717) is 5.16 Å². The predicted molar refractivity (Wildman–Crippen MR) is 96.3 cm³/mol. The Hall–Kier alpha value is -2.41. The van der Waals surface area contributed by atoms with E-state index in [9.17, 15) is 14.7 Å². The Balaban J connectivity index is 2.10. The van der Waals surface area contributed by atoms with E-state index < -0.39 is 12.0 Å². The van der Waals surface area contributed by atoms with Crippen molar-refractivity contribution in [2.75, 3.05) is 5.75 Å². The molecule has 0 saturated heterocycles. The van der Waals surface area contributed by atoms with Crippen molar-refractivity contribution in [3.8, 4) is 0 Å². The number of thioether (sulfide) groups is 1. The third kappa shape index (κ3) is 5.56. The Labute approximate surface area is 151 Å². The van der Waals surface area contributed by atoms with Crippen LogP contribution in [0.3, 0.4) is 0 Å². The minimum Gasteiger partial charge on any atom is -0.480 e. The highest BCUT2D eigenvalue weighted by Crippen LogP contribution is 2.17. The number of hydrogen-bond donors (Lipinski definition) is 1. The van der Waals surface area contributed by atoms with Crippen LogP contribution in [0, 0.1) is 13.8 Å². The van der Waals surface area contributed by atoms with Crippen LogP contribution in [0.4, 0.5) is 0 Å². The number of carbonyl (C=O) groups is 2. The molecule has 1 aromatic heterocycles. The first-order chi connectivity index (χ1) is 11.9. The Bertz CT molecular complexity index is 732. The van der Waals surface area contributed by atoms with Crippen LogP contribution < -0.4 is 0 Å². The predicted octanol–water partition coefficient (Wildman–Crippen LogP) is 2.69. The normalized spacial score (nSPS) is 11.8. The molecule has 2 rings (SSSR count). The third-order valence-electron chi connectivity index (χ3n) is 3.63. The quantitative estimate of drug-likeness (QED) is 0.604. The van der Waals surface area contributed by atoms with Gasteiger partial charge in [-0.25, -0.2) is 14.8 Å². The highest BCUT2D eigenvalue weighted by atomic mass is 32.2. The summed E-state index contributed by atoms with van der Waals surface area (Å²) in [5.74, 6) is -1.20. The number of nitrogens with zero attached hydrogens (tertiary/aromatic N) is 3. The minimum absolute atomic E-state index is 0.0906. The maximum atomic E-state index is 12.6. The summed E-state index contributed by atoms with van der Waals surface area (Å²) in [6, 6.07) is 10.3. The van der Waals surface area contributed by atoms with E-state index in [2.05, 4.69) is 9.97 Å². The van der Waals surface area contributed by atoms with Crippen molar-refractivity contribution in [3.63, 3.8) is 0 Å². The molecule has 1 heterocycles. The molecule has 0 saturated carbocycles. The second-order valence-corrected chi connectivity index (χ2v) is 6.69. The van der Waals surface area contributed by atoms with E-state index in [1.54, 1.807) is 0 Å². The standard InChI is InChI=1S/C18H21N3O3S/c1-12-9-13(2)20-18(19-12)25-11-16(22)21(14(3)17(23)24)10-15-7-5-4-6-8-15/h4-9,14H,10-11H2,1-3H3,(H,23,24). The Kier molecular flexibility index (Phi) is 6.52. The fourth-order valence-corrected chi connectivity index (χ4v) is 3.16. The molecule has 0 bridgehead atoms. The van der Waals surface area contributed by atoms with E-state index in [1.807, 2.05) is 50.2 Å². The maximum Gasteiger partial charge on any atom is 0.326 e. The van der Waals surface area contributed by atoms with Gasteiger partial charge in [0.2, 0.25) is 5.91 Å². The summed E-state index contributed by atoms with van der Waals surface area (Å²) in [5, 5.41) is 9.83. The van der Waals surface area contributed by atoms with Crippen LogP contribution in [-0.2, 0) is 16.1 Å². The number of aryl methyl sites for hydroxylation is 2. The van der Waals surface area contributed by atoms with Crippen molar-refractivity contribution >= 4 is 23.6 Å². The summed E-state index contributed by atoms with van der Waals surface area (Å²) in [6.07, 6.45) is 0. The van der Waals surface area contributed by atoms with Crippen molar-refractivity contribution in [2.45, 2.75) is 38.5 Å². The van der Waals surface area contributed by atoms with E-state index >= 15 is 0 Å². The number of amides is 1. The number of aliphatic carboxylic acids is 1. The van der Waals surface area contributed by atoms with E-state index in [0.717, 1.165) is 17.0 Å². The van der Waals surface area contributed by atoms with Crippen LogP contribution >= 0.6 is 11.8 Å². The molecule has 7 heteroatoms. The van der Waals surface area contributed by atoms with Gasteiger partial charge >= 0.3 is 5.97 Å². The molecule has 1 N–H and O–H groups in total. The van der Waals surface area contributed by atoms with Gasteiger partial charge in [-0.15, -0.1) is 0 Å². The molecular weight excluding hydrogens is 338 g/mol. The summed E-state index contributed by atoms with van der Waals surface area (Å²) in [5.41, 5.74) is 2.56. The van der Waals surface area contributed by atoms with Crippen LogP contribution in [0.2, 0.25) is 0 Å². The van der Waals surface area contributed by atoms with Gasteiger partial charge in [-0.3, -0.25) is 4.79 Å². The summed E-state index contributed by atoms with van der Waals surface area (Å²) >= 11 is 1.22. The van der Waals surface area contributed by atoms with Gasteiger partial charge in [0, 0.05) is 17.9 Å². The summed E-state index contributed by atoms with van der Waals surface area (Å²) in [6.45, 7) is 5.51. The average molecular weight is 359 g/mol. The number of carboxylic acids is 1. The minimum atomic E-state index is -1.03. The summed E-state index contributed by atoms with van der Waals surface area (Å²) in [7, 11) is 0. The van der Waals surface area contributed by atoms with Crippen LogP contribution in [-0.4, -0.2) is 43.6 Å². The summed E-state index contributed by atoms with van der Waals surface area (Å²) in [4.78, 5) is 34.0. The smallest absolute Gasteiger partial charge is 0.326 e. The molecule has 6 nitrogen and oxygen atoms in total. The Morgan fingerprint density at radius 3 is 2.32 bits per heavy atom.